The van der Waals surface area contributed by atoms with Crippen molar-refractivity contribution in [3.63, 3.8) is 0 Å². The third-order valence-corrected chi connectivity index (χ3v) is 4.23. The molecular formula is C22H22N2O10. The summed E-state index contributed by atoms with van der Waals surface area (Å²) in [5, 5.41) is 14.7. The molecule has 0 saturated carbocycles. The fourth-order valence-corrected chi connectivity index (χ4v) is 2.79. The van der Waals surface area contributed by atoms with E-state index in [1.807, 2.05) is 0 Å². The van der Waals surface area contributed by atoms with Gasteiger partial charge in [-0.15, -0.1) is 0 Å². The second-order valence-corrected chi connectivity index (χ2v) is 6.55. The third kappa shape index (κ3) is 5.99. The van der Waals surface area contributed by atoms with Crippen LogP contribution >= 0.6 is 0 Å². The zero-order chi connectivity index (χ0) is 24.5. The highest BCUT2D eigenvalue weighted by Crippen LogP contribution is 2.44. The molecule has 3 aromatic rings. The lowest BCUT2D eigenvalue weighted by Gasteiger charge is -2.16. The van der Waals surface area contributed by atoms with E-state index in [9.17, 15) is 14.9 Å². The molecule has 0 N–H and O–H groups in total. The van der Waals surface area contributed by atoms with Crippen LogP contribution in [0.2, 0.25) is 0 Å². The van der Waals surface area contributed by atoms with Crippen molar-refractivity contribution in [3.8, 4) is 34.3 Å². The number of nitrogens with zero attached hydrogens (tertiary/aromatic N) is 2. The molecule has 34 heavy (non-hydrogen) atoms. The monoisotopic (exact) mass is 474 g/mol. The van der Waals surface area contributed by atoms with Crippen LogP contribution < -0.4 is 14.2 Å². The van der Waals surface area contributed by atoms with Gasteiger partial charge in [-0.05, 0) is 19.1 Å². The van der Waals surface area contributed by atoms with E-state index < -0.39 is 10.9 Å². The predicted molar refractivity (Wildman–Crippen MR) is 116 cm³/mol. The Hall–Kier alpha value is -4.16. The van der Waals surface area contributed by atoms with E-state index in [4.69, 9.17) is 32.9 Å². The minimum Gasteiger partial charge on any atom is -0.467 e. The van der Waals surface area contributed by atoms with Crippen LogP contribution in [0.25, 0.3) is 11.3 Å². The molecule has 2 aromatic carbocycles. The van der Waals surface area contributed by atoms with E-state index in [0.717, 1.165) is 0 Å². The van der Waals surface area contributed by atoms with Gasteiger partial charge in [-0.25, -0.2) is 4.79 Å². The average Bonchev–Trinajstić information content (AvgIpc) is 3.31. The molecule has 0 fully saturated rings. The molecule has 0 unspecified atom stereocenters. The minimum absolute atomic E-state index is 0.0458. The van der Waals surface area contributed by atoms with Crippen LogP contribution in [0.4, 0.5) is 5.69 Å². The summed E-state index contributed by atoms with van der Waals surface area (Å²) < 4.78 is 37.5. The van der Waals surface area contributed by atoms with Gasteiger partial charge in [0.05, 0.1) is 11.5 Å². The Morgan fingerprint density at radius 2 is 1.68 bits per heavy atom. The lowest BCUT2D eigenvalue weighted by molar-refractivity contribution is -0.384. The maximum absolute atomic E-state index is 12.1. The molecule has 0 spiro atoms. The van der Waals surface area contributed by atoms with Gasteiger partial charge in [-0.1, -0.05) is 5.16 Å². The average molecular weight is 474 g/mol. The van der Waals surface area contributed by atoms with Crippen LogP contribution in [0.5, 0.6) is 23.0 Å². The number of methoxy groups -OCH3 is 2. The molecule has 1 aromatic heterocycles. The summed E-state index contributed by atoms with van der Waals surface area (Å²) in [6.07, 6.45) is 0. The first kappa shape index (κ1) is 24.5. The van der Waals surface area contributed by atoms with Crippen LogP contribution in [-0.4, -0.2) is 50.5 Å². The van der Waals surface area contributed by atoms with Crippen molar-refractivity contribution in [1.29, 1.82) is 0 Å². The normalized spacial score (nSPS) is 10.6. The zero-order valence-electron chi connectivity index (χ0n) is 18.6. The van der Waals surface area contributed by atoms with Crippen molar-refractivity contribution in [1.82, 2.24) is 5.16 Å². The molecule has 0 atom stereocenters. The maximum Gasteiger partial charge on any atom is 0.360 e. The number of aromatic nitrogens is 1. The van der Waals surface area contributed by atoms with Crippen molar-refractivity contribution in [3.05, 3.63) is 58.3 Å². The molecule has 0 bridgehead atoms. The predicted octanol–water partition coefficient (Wildman–Crippen LogP) is 4.18. The Balaban J connectivity index is 2.09. The lowest BCUT2D eigenvalue weighted by atomic mass is 10.1. The number of non-ortho nitro benzene ring substituents is 1. The van der Waals surface area contributed by atoms with Gasteiger partial charge in [0.15, 0.2) is 25.0 Å². The van der Waals surface area contributed by atoms with Crippen LogP contribution in [0.1, 0.15) is 17.4 Å². The number of ether oxygens (including phenoxy) is 6. The van der Waals surface area contributed by atoms with Crippen molar-refractivity contribution >= 4 is 11.7 Å². The van der Waals surface area contributed by atoms with Gasteiger partial charge in [0.25, 0.3) is 5.69 Å². The summed E-state index contributed by atoms with van der Waals surface area (Å²) in [5.74, 6) is 0.537. The van der Waals surface area contributed by atoms with Gasteiger partial charge >= 0.3 is 5.97 Å². The smallest absolute Gasteiger partial charge is 0.360 e. The van der Waals surface area contributed by atoms with Crippen molar-refractivity contribution in [2.75, 3.05) is 34.4 Å². The number of carbonyl (C=O) groups is 1. The molecule has 12 heteroatoms. The number of benzene rings is 2. The highest BCUT2D eigenvalue weighted by Gasteiger charge is 2.24. The van der Waals surface area contributed by atoms with Crippen molar-refractivity contribution in [2.24, 2.45) is 0 Å². The highest BCUT2D eigenvalue weighted by molar-refractivity contribution is 5.89. The van der Waals surface area contributed by atoms with E-state index in [1.54, 1.807) is 19.1 Å². The van der Waals surface area contributed by atoms with E-state index in [1.165, 1.54) is 44.6 Å². The van der Waals surface area contributed by atoms with Gasteiger partial charge in [0.1, 0.15) is 28.6 Å². The Labute approximate surface area is 194 Å². The minimum atomic E-state index is -0.658. The number of nitro groups is 1. The molecule has 0 radical (unpaired) electrons. The number of rotatable bonds is 12. The van der Waals surface area contributed by atoms with Crippen LogP contribution in [0.3, 0.4) is 0 Å². The molecule has 1 heterocycles. The number of esters is 1. The largest absolute Gasteiger partial charge is 0.467 e. The molecule has 3 rings (SSSR count). The topological polar surface area (TPSA) is 142 Å². The van der Waals surface area contributed by atoms with E-state index >= 15 is 0 Å². The first-order valence-electron chi connectivity index (χ1n) is 9.94. The standard InChI is InChI=1S/C22H22N2O10/c1-4-30-22(25)17-11-20(34-23-17)21-18(32-13-29-3)9-16(31-12-28-2)10-19(21)33-15-7-5-14(6-8-15)24(26)27/h5-11H,4,12-13H2,1-3H3. The molecule has 0 amide bonds. The fraction of sp³-hybridized carbons (Fsp3) is 0.273. The Morgan fingerprint density at radius 1 is 1.00 bits per heavy atom. The van der Waals surface area contributed by atoms with E-state index in [0.29, 0.717) is 17.1 Å². The fourth-order valence-electron chi connectivity index (χ4n) is 2.79. The maximum atomic E-state index is 12.1. The first-order chi connectivity index (χ1) is 16.5. The van der Waals surface area contributed by atoms with Gasteiger partial charge in [0, 0.05) is 44.6 Å². The first-order valence-corrected chi connectivity index (χ1v) is 9.94. The summed E-state index contributed by atoms with van der Waals surface area (Å²) in [6, 6.07) is 9.96. The van der Waals surface area contributed by atoms with Crippen molar-refractivity contribution in [2.45, 2.75) is 6.92 Å². The number of carbonyl (C=O) groups excluding carboxylic acids is 1. The summed E-state index contributed by atoms with van der Waals surface area (Å²) in [4.78, 5) is 22.5. The highest BCUT2D eigenvalue weighted by atomic mass is 16.7. The molecule has 0 aliphatic heterocycles. The molecule has 12 nitrogen and oxygen atoms in total. The van der Waals surface area contributed by atoms with Crippen LogP contribution in [0, 0.1) is 10.1 Å². The van der Waals surface area contributed by atoms with E-state index in [2.05, 4.69) is 5.16 Å². The summed E-state index contributed by atoms with van der Waals surface area (Å²) in [6.45, 7) is 1.68. The molecule has 0 aliphatic carbocycles. The SMILES string of the molecule is CCOC(=O)c1cc(-c2c(OCOC)cc(OCOC)cc2Oc2ccc([N+](=O)[O-])cc2)on1. The zero-order valence-corrected chi connectivity index (χ0v) is 18.6. The Kier molecular flexibility index (Phi) is 8.37. The second kappa shape index (κ2) is 11.6. The lowest BCUT2D eigenvalue weighted by Crippen LogP contribution is -2.04. The third-order valence-electron chi connectivity index (χ3n) is 4.23. The van der Waals surface area contributed by atoms with Gasteiger partial charge in [0.2, 0.25) is 0 Å². The Morgan fingerprint density at radius 3 is 2.32 bits per heavy atom. The quantitative estimate of drug-likeness (QED) is 0.161. The van der Waals surface area contributed by atoms with Crippen LogP contribution in [0.15, 0.2) is 47.0 Å². The van der Waals surface area contributed by atoms with Crippen molar-refractivity contribution < 1.29 is 42.7 Å². The summed E-state index contributed by atoms with van der Waals surface area (Å²) in [5.41, 5.74) is 0.155. The van der Waals surface area contributed by atoms with Crippen LogP contribution in [-0.2, 0) is 14.2 Å². The summed E-state index contributed by atoms with van der Waals surface area (Å²) >= 11 is 0. The van der Waals surface area contributed by atoms with Gasteiger partial charge in [-0.3, -0.25) is 10.1 Å². The van der Waals surface area contributed by atoms with E-state index in [-0.39, 0.29) is 48.8 Å². The van der Waals surface area contributed by atoms with Gasteiger partial charge in [-0.2, -0.15) is 0 Å². The summed E-state index contributed by atoms with van der Waals surface area (Å²) in [7, 11) is 2.92. The molecular weight excluding hydrogens is 452 g/mol. The molecule has 0 aliphatic rings. The Bertz CT molecular complexity index is 1130. The van der Waals surface area contributed by atoms with Gasteiger partial charge < -0.3 is 32.9 Å². The molecule has 0 saturated heterocycles. The number of hydrogen-bond donors (Lipinski definition) is 0. The molecule has 180 valence electrons. The number of hydrogen-bond acceptors (Lipinski definition) is 11. The second-order valence-electron chi connectivity index (χ2n) is 6.55. The number of nitro benzene ring substituents is 1.